The fourth-order valence-corrected chi connectivity index (χ4v) is 3.59. The van der Waals surface area contributed by atoms with Crippen LogP contribution in [0.5, 0.6) is 0 Å². The lowest BCUT2D eigenvalue weighted by atomic mass is 9.73. The molecule has 0 radical (unpaired) electrons. The zero-order valence-corrected chi connectivity index (χ0v) is 14.8. The predicted molar refractivity (Wildman–Crippen MR) is 104 cm³/mol. The van der Waals surface area contributed by atoms with Crippen molar-refractivity contribution in [1.82, 2.24) is 4.90 Å². The van der Waals surface area contributed by atoms with Gasteiger partial charge in [-0.3, -0.25) is 0 Å². The molecule has 0 aromatic heterocycles. The molecule has 3 aromatic carbocycles. The minimum absolute atomic E-state index is 0.153. The van der Waals surface area contributed by atoms with Crippen molar-refractivity contribution in [1.29, 1.82) is 0 Å². The number of rotatable bonds is 6. The average Bonchev–Trinajstić information content (AvgIpc) is 2.64. The Morgan fingerprint density at radius 1 is 0.720 bits per heavy atom. The summed E-state index contributed by atoms with van der Waals surface area (Å²) in [7, 11) is 4.00. The number of benzene rings is 3. The summed E-state index contributed by atoms with van der Waals surface area (Å²) in [6.07, 6.45) is 0. The van der Waals surface area contributed by atoms with E-state index in [2.05, 4.69) is 24.3 Å². The Labute approximate surface area is 150 Å². The van der Waals surface area contributed by atoms with Gasteiger partial charge in [-0.1, -0.05) is 91.0 Å². The Kier molecular flexibility index (Phi) is 5.32. The molecule has 0 aliphatic rings. The Morgan fingerprint density at radius 2 is 1.12 bits per heavy atom. The van der Waals surface area contributed by atoms with Crippen LogP contribution in [0.4, 0.5) is 0 Å². The summed E-state index contributed by atoms with van der Waals surface area (Å²) in [5, 5.41) is 12.0. The van der Waals surface area contributed by atoms with Crippen LogP contribution in [0.15, 0.2) is 91.0 Å². The maximum atomic E-state index is 12.0. The molecule has 0 saturated carbocycles. The quantitative estimate of drug-likeness (QED) is 0.729. The fraction of sp³-hybridized carbons (Fsp3) is 0.217. The summed E-state index contributed by atoms with van der Waals surface area (Å²) in [6, 6.07) is 30.6. The van der Waals surface area contributed by atoms with Gasteiger partial charge in [0.1, 0.15) is 5.60 Å². The van der Waals surface area contributed by atoms with Crippen molar-refractivity contribution in [3.05, 3.63) is 108 Å². The van der Waals surface area contributed by atoms with Gasteiger partial charge in [0.15, 0.2) is 0 Å². The third kappa shape index (κ3) is 3.81. The zero-order chi connectivity index (χ0) is 17.7. The number of hydrogen-bond acceptors (Lipinski definition) is 2. The molecule has 1 N–H and O–H groups in total. The van der Waals surface area contributed by atoms with Gasteiger partial charge >= 0.3 is 0 Å². The summed E-state index contributed by atoms with van der Waals surface area (Å²) < 4.78 is 0. The first kappa shape index (κ1) is 17.4. The van der Waals surface area contributed by atoms with Crippen molar-refractivity contribution in [2.75, 3.05) is 20.6 Å². The van der Waals surface area contributed by atoms with E-state index in [1.54, 1.807) is 0 Å². The average molecular weight is 331 g/mol. The smallest absolute Gasteiger partial charge is 0.113 e. The molecule has 2 heteroatoms. The van der Waals surface area contributed by atoms with Gasteiger partial charge in [-0.15, -0.1) is 0 Å². The van der Waals surface area contributed by atoms with E-state index in [9.17, 15) is 5.11 Å². The van der Waals surface area contributed by atoms with Gasteiger partial charge in [-0.05, 0) is 30.8 Å². The van der Waals surface area contributed by atoms with Crippen LogP contribution < -0.4 is 0 Å². The van der Waals surface area contributed by atoms with Gasteiger partial charge < -0.3 is 10.0 Å². The van der Waals surface area contributed by atoms with Crippen LogP contribution in [0.2, 0.25) is 0 Å². The van der Waals surface area contributed by atoms with Gasteiger partial charge in [0.2, 0.25) is 0 Å². The highest BCUT2D eigenvalue weighted by molar-refractivity contribution is 5.40. The first-order valence-electron chi connectivity index (χ1n) is 8.64. The molecule has 0 fully saturated rings. The molecule has 128 valence electrons. The molecule has 0 spiro atoms. The van der Waals surface area contributed by atoms with E-state index in [0.29, 0.717) is 6.54 Å². The first-order valence-corrected chi connectivity index (χ1v) is 8.64. The highest BCUT2D eigenvalue weighted by Crippen LogP contribution is 2.42. The van der Waals surface area contributed by atoms with Crippen molar-refractivity contribution in [3.8, 4) is 0 Å². The Bertz CT molecular complexity index is 731. The number of nitrogens with zero attached hydrogens (tertiary/aromatic N) is 1. The molecule has 3 aromatic rings. The van der Waals surface area contributed by atoms with Crippen LogP contribution in [-0.4, -0.2) is 30.6 Å². The first-order chi connectivity index (χ1) is 12.1. The zero-order valence-electron chi connectivity index (χ0n) is 14.8. The van der Waals surface area contributed by atoms with Gasteiger partial charge in [0, 0.05) is 12.5 Å². The topological polar surface area (TPSA) is 23.5 Å². The molecule has 2 nitrogen and oxygen atoms in total. The molecular formula is C23H25NO. The van der Waals surface area contributed by atoms with Crippen molar-refractivity contribution in [2.45, 2.75) is 11.5 Å². The second-order valence-corrected chi connectivity index (χ2v) is 6.78. The molecule has 1 unspecified atom stereocenters. The predicted octanol–water partition coefficient (Wildman–Crippen LogP) is 4.27. The maximum absolute atomic E-state index is 12.0. The standard InChI is InChI=1S/C23H25NO/c1-24(2)18-23(25,21-16-10-5-11-17-21)22(19-12-6-3-7-13-19)20-14-8-4-9-15-20/h3-17,22,25H,18H2,1-2H3. The lowest BCUT2D eigenvalue weighted by molar-refractivity contribution is -0.00419. The Balaban J connectivity index is 2.20. The maximum Gasteiger partial charge on any atom is 0.113 e. The van der Waals surface area contributed by atoms with Gasteiger partial charge in [0.05, 0.1) is 0 Å². The largest absolute Gasteiger partial charge is 0.383 e. The molecule has 0 amide bonds. The highest BCUT2D eigenvalue weighted by atomic mass is 16.3. The summed E-state index contributed by atoms with van der Waals surface area (Å²) in [4.78, 5) is 2.05. The normalized spacial score (nSPS) is 13.8. The van der Waals surface area contributed by atoms with E-state index >= 15 is 0 Å². The number of likely N-dealkylation sites (N-methyl/N-ethyl adjacent to an activating group) is 1. The monoisotopic (exact) mass is 331 g/mol. The second kappa shape index (κ2) is 7.64. The SMILES string of the molecule is CN(C)CC(O)(c1ccccc1)C(c1ccccc1)c1ccccc1. The highest BCUT2D eigenvalue weighted by Gasteiger charge is 2.40. The van der Waals surface area contributed by atoms with Crippen LogP contribution in [0.25, 0.3) is 0 Å². The number of hydrogen-bond donors (Lipinski definition) is 1. The van der Waals surface area contributed by atoms with Crippen molar-refractivity contribution >= 4 is 0 Å². The third-order valence-electron chi connectivity index (χ3n) is 4.57. The molecule has 0 aliphatic heterocycles. The van der Waals surface area contributed by atoms with Gasteiger partial charge in [0.25, 0.3) is 0 Å². The molecule has 0 aliphatic carbocycles. The van der Waals surface area contributed by atoms with Gasteiger partial charge in [-0.25, -0.2) is 0 Å². The minimum Gasteiger partial charge on any atom is -0.383 e. The Hall–Kier alpha value is -2.42. The molecular weight excluding hydrogens is 306 g/mol. The second-order valence-electron chi connectivity index (χ2n) is 6.78. The summed E-state index contributed by atoms with van der Waals surface area (Å²) in [5.74, 6) is -0.153. The molecule has 0 bridgehead atoms. The van der Waals surface area contributed by atoms with Crippen LogP contribution in [0, 0.1) is 0 Å². The molecule has 3 rings (SSSR count). The lowest BCUT2D eigenvalue weighted by Gasteiger charge is -2.39. The molecule has 25 heavy (non-hydrogen) atoms. The lowest BCUT2D eigenvalue weighted by Crippen LogP contribution is -2.43. The molecule has 0 heterocycles. The van der Waals surface area contributed by atoms with Crippen molar-refractivity contribution in [2.24, 2.45) is 0 Å². The minimum atomic E-state index is -1.03. The van der Waals surface area contributed by atoms with Crippen LogP contribution in [0.1, 0.15) is 22.6 Å². The fourth-order valence-electron chi connectivity index (χ4n) is 3.59. The summed E-state index contributed by atoms with van der Waals surface area (Å²) in [6.45, 7) is 0.533. The van der Waals surface area contributed by atoms with E-state index < -0.39 is 5.60 Å². The number of aliphatic hydroxyl groups is 1. The van der Waals surface area contributed by atoms with E-state index in [1.807, 2.05) is 85.7 Å². The van der Waals surface area contributed by atoms with Crippen molar-refractivity contribution < 1.29 is 5.11 Å². The van der Waals surface area contributed by atoms with Crippen molar-refractivity contribution in [3.63, 3.8) is 0 Å². The van der Waals surface area contributed by atoms with E-state index in [-0.39, 0.29) is 5.92 Å². The van der Waals surface area contributed by atoms with Crippen LogP contribution in [0.3, 0.4) is 0 Å². The van der Waals surface area contributed by atoms with E-state index in [4.69, 9.17) is 0 Å². The summed E-state index contributed by atoms with van der Waals surface area (Å²) in [5.41, 5.74) is 2.12. The molecule has 0 saturated heterocycles. The van der Waals surface area contributed by atoms with E-state index in [0.717, 1.165) is 16.7 Å². The van der Waals surface area contributed by atoms with Crippen LogP contribution >= 0.6 is 0 Å². The molecule has 1 atom stereocenters. The Morgan fingerprint density at radius 3 is 1.52 bits per heavy atom. The third-order valence-corrected chi connectivity index (χ3v) is 4.57. The van der Waals surface area contributed by atoms with Crippen LogP contribution in [-0.2, 0) is 5.60 Å². The van der Waals surface area contributed by atoms with E-state index in [1.165, 1.54) is 0 Å². The summed E-state index contributed by atoms with van der Waals surface area (Å²) >= 11 is 0. The van der Waals surface area contributed by atoms with Gasteiger partial charge in [-0.2, -0.15) is 0 Å².